The lowest BCUT2D eigenvalue weighted by Gasteiger charge is -2.11. The van der Waals surface area contributed by atoms with Crippen molar-refractivity contribution in [2.24, 2.45) is 0 Å². The van der Waals surface area contributed by atoms with Crippen LogP contribution in [0.2, 0.25) is 0 Å². The Kier molecular flexibility index (Phi) is 5.46. The molecule has 1 fully saturated rings. The molecule has 5 rings (SSSR count). The quantitative estimate of drug-likeness (QED) is 0.354. The summed E-state index contributed by atoms with van der Waals surface area (Å²) in [5, 5.41) is 18.1. The zero-order valence-corrected chi connectivity index (χ0v) is 18.3. The average Bonchev–Trinajstić information content (AvgIpc) is 3.37. The van der Waals surface area contributed by atoms with Crippen LogP contribution in [0.5, 0.6) is 5.75 Å². The lowest BCUT2D eigenvalue weighted by Crippen LogP contribution is -2.00. The number of nitrogens with zero attached hydrogens (tertiary/aromatic N) is 5. The molecule has 31 heavy (non-hydrogen) atoms. The van der Waals surface area contributed by atoms with E-state index >= 15 is 0 Å². The van der Waals surface area contributed by atoms with E-state index < -0.39 is 0 Å². The summed E-state index contributed by atoms with van der Waals surface area (Å²) in [6, 6.07) is 16.3. The van der Waals surface area contributed by atoms with Crippen LogP contribution in [-0.2, 0) is 5.75 Å². The molecule has 4 aromatic rings. The van der Waals surface area contributed by atoms with Crippen molar-refractivity contribution in [3.8, 4) is 22.8 Å². The van der Waals surface area contributed by atoms with E-state index in [-0.39, 0.29) is 0 Å². The van der Waals surface area contributed by atoms with Gasteiger partial charge in [0.1, 0.15) is 5.75 Å². The Morgan fingerprint density at radius 3 is 2.65 bits per heavy atom. The van der Waals surface area contributed by atoms with Crippen molar-refractivity contribution in [1.29, 1.82) is 0 Å². The van der Waals surface area contributed by atoms with E-state index in [0.29, 0.717) is 24.2 Å². The molecule has 7 nitrogen and oxygen atoms in total. The zero-order chi connectivity index (χ0) is 21.2. The summed E-state index contributed by atoms with van der Waals surface area (Å²) in [7, 11) is 0. The second kappa shape index (κ2) is 8.55. The first kappa shape index (κ1) is 19.8. The average molecular weight is 434 g/mol. The number of aryl methyl sites for hydroxylation is 1. The van der Waals surface area contributed by atoms with Crippen LogP contribution in [0.1, 0.15) is 43.0 Å². The van der Waals surface area contributed by atoms with Crippen molar-refractivity contribution in [2.45, 2.75) is 43.5 Å². The minimum atomic E-state index is 0.451. The molecule has 0 amide bonds. The Hall–Kier alpha value is -3.13. The molecule has 0 radical (unpaired) electrons. The minimum absolute atomic E-state index is 0.451. The Balaban J connectivity index is 1.47. The van der Waals surface area contributed by atoms with Crippen LogP contribution in [0.15, 0.2) is 58.1 Å². The first-order chi connectivity index (χ1) is 15.2. The molecule has 0 bridgehead atoms. The molecular weight excluding hydrogens is 410 g/mol. The van der Waals surface area contributed by atoms with Crippen LogP contribution in [-0.4, -0.2) is 31.6 Å². The fourth-order valence-electron chi connectivity index (χ4n) is 3.37. The Labute approximate surface area is 184 Å². The molecule has 1 aliphatic rings. The molecule has 0 spiro atoms. The molecule has 0 atom stereocenters. The number of ether oxygens (including phenoxy) is 1. The second-order valence-corrected chi connectivity index (χ2v) is 8.48. The standard InChI is InChI=1S/C23H23N5O2S/c1-3-29-19-11-9-18(10-12-19)28-21(17-6-4-5-15(2)13-17)25-27-23(28)31-14-20-24-26-22(30-20)16-7-8-16/h4-6,9-13,16H,3,7-8,14H2,1-2H3. The van der Waals surface area contributed by atoms with Gasteiger partial charge in [0.15, 0.2) is 11.0 Å². The van der Waals surface area contributed by atoms with Gasteiger partial charge in [0, 0.05) is 17.2 Å². The summed E-state index contributed by atoms with van der Waals surface area (Å²) in [6.45, 7) is 4.68. The van der Waals surface area contributed by atoms with Crippen LogP contribution in [0, 0.1) is 6.92 Å². The third-order valence-electron chi connectivity index (χ3n) is 5.05. The number of aromatic nitrogens is 5. The summed E-state index contributed by atoms with van der Waals surface area (Å²) in [5.41, 5.74) is 3.16. The molecule has 8 heteroatoms. The van der Waals surface area contributed by atoms with Crippen LogP contribution >= 0.6 is 11.8 Å². The summed E-state index contributed by atoms with van der Waals surface area (Å²) in [4.78, 5) is 0. The van der Waals surface area contributed by atoms with E-state index in [4.69, 9.17) is 9.15 Å². The Bertz CT molecular complexity index is 1180. The molecule has 2 aromatic heterocycles. The molecule has 2 aromatic carbocycles. The van der Waals surface area contributed by atoms with Gasteiger partial charge in [-0.05, 0) is 57.0 Å². The van der Waals surface area contributed by atoms with Crippen molar-refractivity contribution in [3.63, 3.8) is 0 Å². The molecule has 2 heterocycles. The lowest BCUT2D eigenvalue weighted by atomic mass is 10.1. The summed E-state index contributed by atoms with van der Waals surface area (Å²) >= 11 is 1.54. The smallest absolute Gasteiger partial charge is 0.226 e. The SMILES string of the molecule is CCOc1ccc(-n2c(SCc3nnc(C4CC4)o3)nnc2-c2cccc(C)c2)cc1. The second-order valence-electron chi connectivity index (χ2n) is 7.53. The molecule has 0 N–H and O–H groups in total. The molecule has 0 aliphatic heterocycles. The van der Waals surface area contributed by atoms with Crippen molar-refractivity contribution >= 4 is 11.8 Å². The highest BCUT2D eigenvalue weighted by Gasteiger charge is 2.29. The minimum Gasteiger partial charge on any atom is -0.494 e. The van der Waals surface area contributed by atoms with Gasteiger partial charge in [-0.15, -0.1) is 20.4 Å². The third kappa shape index (κ3) is 4.34. The van der Waals surface area contributed by atoms with Crippen LogP contribution in [0.3, 0.4) is 0 Å². The maximum absolute atomic E-state index is 5.81. The Morgan fingerprint density at radius 2 is 1.90 bits per heavy atom. The van der Waals surface area contributed by atoms with E-state index in [2.05, 4.69) is 50.1 Å². The maximum atomic E-state index is 5.81. The van der Waals surface area contributed by atoms with Crippen molar-refractivity contribution < 1.29 is 9.15 Å². The fraction of sp³-hybridized carbons (Fsp3) is 0.304. The topological polar surface area (TPSA) is 78.9 Å². The van der Waals surface area contributed by atoms with Gasteiger partial charge in [0.25, 0.3) is 0 Å². The van der Waals surface area contributed by atoms with Crippen LogP contribution in [0.25, 0.3) is 17.1 Å². The molecule has 1 aliphatic carbocycles. The van der Waals surface area contributed by atoms with E-state index in [1.807, 2.05) is 37.3 Å². The van der Waals surface area contributed by atoms with Gasteiger partial charge in [-0.25, -0.2) is 0 Å². The van der Waals surface area contributed by atoms with Gasteiger partial charge in [-0.1, -0.05) is 35.5 Å². The lowest BCUT2D eigenvalue weighted by molar-refractivity contribution is 0.340. The molecule has 1 saturated carbocycles. The molecule has 0 saturated heterocycles. The zero-order valence-electron chi connectivity index (χ0n) is 17.5. The van der Waals surface area contributed by atoms with Gasteiger partial charge in [-0.2, -0.15) is 0 Å². The maximum Gasteiger partial charge on any atom is 0.226 e. The number of thioether (sulfide) groups is 1. The number of hydrogen-bond acceptors (Lipinski definition) is 7. The number of hydrogen-bond donors (Lipinski definition) is 0. The summed E-state index contributed by atoms with van der Waals surface area (Å²) in [5.74, 6) is 3.99. The predicted molar refractivity (Wildman–Crippen MR) is 119 cm³/mol. The van der Waals surface area contributed by atoms with E-state index in [1.54, 1.807) is 0 Å². The highest BCUT2D eigenvalue weighted by atomic mass is 32.2. The van der Waals surface area contributed by atoms with Gasteiger partial charge in [0.05, 0.1) is 12.4 Å². The first-order valence-electron chi connectivity index (χ1n) is 10.4. The predicted octanol–water partition coefficient (Wildman–Crippen LogP) is 5.19. The van der Waals surface area contributed by atoms with Crippen LogP contribution < -0.4 is 4.74 Å². The molecule has 158 valence electrons. The normalized spacial score (nSPS) is 13.5. The molecule has 0 unspecified atom stereocenters. The highest BCUT2D eigenvalue weighted by Crippen LogP contribution is 2.39. The van der Waals surface area contributed by atoms with Crippen molar-refractivity contribution in [2.75, 3.05) is 6.61 Å². The Morgan fingerprint density at radius 1 is 1.06 bits per heavy atom. The van der Waals surface area contributed by atoms with Gasteiger partial charge in [-0.3, -0.25) is 4.57 Å². The third-order valence-corrected chi connectivity index (χ3v) is 5.96. The fourth-order valence-corrected chi connectivity index (χ4v) is 4.16. The van der Waals surface area contributed by atoms with Gasteiger partial charge in [0.2, 0.25) is 11.8 Å². The number of rotatable bonds is 8. The van der Waals surface area contributed by atoms with Crippen molar-refractivity contribution in [3.05, 3.63) is 65.9 Å². The van der Waals surface area contributed by atoms with Gasteiger partial charge >= 0.3 is 0 Å². The highest BCUT2D eigenvalue weighted by molar-refractivity contribution is 7.98. The van der Waals surface area contributed by atoms with Crippen molar-refractivity contribution in [1.82, 2.24) is 25.0 Å². The van der Waals surface area contributed by atoms with E-state index in [0.717, 1.165) is 46.7 Å². The number of benzene rings is 2. The largest absolute Gasteiger partial charge is 0.494 e. The van der Waals surface area contributed by atoms with Gasteiger partial charge < -0.3 is 9.15 Å². The monoisotopic (exact) mass is 433 g/mol. The van der Waals surface area contributed by atoms with E-state index in [1.165, 1.54) is 17.3 Å². The van der Waals surface area contributed by atoms with E-state index in [9.17, 15) is 0 Å². The summed E-state index contributed by atoms with van der Waals surface area (Å²) < 4.78 is 13.5. The molecular formula is C23H23N5O2S. The van der Waals surface area contributed by atoms with Crippen LogP contribution in [0.4, 0.5) is 0 Å². The summed E-state index contributed by atoms with van der Waals surface area (Å²) in [6.07, 6.45) is 2.28. The first-order valence-corrected chi connectivity index (χ1v) is 11.4.